The van der Waals surface area contributed by atoms with Crippen LogP contribution >= 0.6 is 0 Å². The molecule has 0 aliphatic heterocycles. The fourth-order valence-corrected chi connectivity index (χ4v) is 0.794. The van der Waals surface area contributed by atoms with Gasteiger partial charge >= 0.3 is 5.95 Å². The lowest BCUT2D eigenvalue weighted by molar-refractivity contribution is 0.348. The molecular weight excluding hydrogens is 134 g/mol. The van der Waals surface area contributed by atoms with Crippen LogP contribution in [0, 0.1) is 0 Å². The normalized spacial score (nSPS) is 10.8. The molecule has 5 heteroatoms. The molecule has 2 aromatic rings. The number of fused-ring (bicyclic) bond motifs is 1. The van der Waals surface area contributed by atoms with E-state index >= 15 is 0 Å². The van der Waals surface area contributed by atoms with Gasteiger partial charge in [-0.2, -0.15) is 0 Å². The van der Waals surface area contributed by atoms with Crippen LogP contribution in [0.2, 0.25) is 0 Å². The predicted octanol–water partition coefficient (Wildman–Crippen LogP) is 0.215. The molecule has 0 amide bonds. The smallest absolute Gasteiger partial charge is 0.326 e. The Hall–Kier alpha value is -1.65. The van der Waals surface area contributed by atoms with Crippen molar-refractivity contribution in [2.45, 2.75) is 0 Å². The summed E-state index contributed by atoms with van der Waals surface area (Å²) in [5, 5.41) is 8.89. The van der Waals surface area contributed by atoms with Crippen LogP contribution in [0.3, 0.4) is 0 Å². The largest absolute Gasteiger partial charge is 0.478 e. The summed E-state index contributed by atoms with van der Waals surface area (Å²) < 4.78 is 6.22. The average Bonchev–Trinajstić information content (AvgIpc) is 2.41. The fourth-order valence-electron chi connectivity index (χ4n) is 0.794. The topological polar surface area (TPSA) is 76.7 Å². The molecule has 2 rings (SSSR count). The molecule has 52 valence electrons. The maximum atomic E-state index is 8.89. The molecule has 3 N–H and O–H groups in total. The van der Waals surface area contributed by atoms with Crippen LogP contribution in [0.25, 0.3) is 5.71 Å². The Labute approximate surface area is 55.7 Å². The Morgan fingerprint density at radius 1 is 1.70 bits per heavy atom. The number of nitrogens with two attached hydrogens (primary N) is 1. The zero-order valence-corrected chi connectivity index (χ0v) is 4.98. The van der Waals surface area contributed by atoms with Gasteiger partial charge in [0.25, 0.3) is 0 Å². The minimum atomic E-state index is -0.266. The van der Waals surface area contributed by atoms with Crippen LogP contribution in [0.15, 0.2) is 16.9 Å². The van der Waals surface area contributed by atoms with E-state index in [1.54, 1.807) is 0 Å². The Bertz CT molecular complexity index is 362. The van der Waals surface area contributed by atoms with Crippen LogP contribution in [-0.2, 0) is 0 Å². The van der Waals surface area contributed by atoms with Crippen molar-refractivity contribution in [3.05, 3.63) is 12.5 Å². The van der Waals surface area contributed by atoms with Crippen molar-refractivity contribution in [1.29, 1.82) is 0 Å². The number of anilines is 1. The molecule has 0 unspecified atom stereocenters. The fraction of sp³-hybridized carbons (Fsp3) is 0. The summed E-state index contributed by atoms with van der Waals surface area (Å²) in [4.78, 5) is 3.74. The van der Waals surface area contributed by atoms with Crippen molar-refractivity contribution in [3.8, 4) is 5.95 Å². The summed E-state index contributed by atoms with van der Waals surface area (Å²) in [7, 11) is 0. The lowest BCUT2D eigenvalue weighted by Crippen LogP contribution is -1.88. The third-order valence-corrected chi connectivity index (χ3v) is 1.28. The number of hydrogen-bond donors (Lipinski definition) is 2. The highest BCUT2D eigenvalue weighted by Gasteiger charge is 2.07. The number of nitrogens with zero attached hydrogens (tertiary/aromatic N) is 2. The monoisotopic (exact) mass is 139 g/mol. The minimum absolute atomic E-state index is 0.174. The number of aromatic nitrogens is 2. The van der Waals surface area contributed by atoms with Crippen molar-refractivity contribution >= 4 is 11.5 Å². The molecule has 0 aliphatic rings. The van der Waals surface area contributed by atoms with Crippen LogP contribution in [0.4, 0.5) is 5.82 Å². The highest BCUT2D eigenvalue weighted by molar-refractivity contribution is 5.49. The molecule has 0 saturated heterocycles. The van der Waals surface area contributed by atoms with E-state index in [9.17, 15) is 0 Å². The molecule has 0 radical (unpaired) electrons. The van der Waals surface area contributed by atoms with E-state index in [1.807, 2.05) is 0 Å². The molecule has 5 nitrogen and oxygen atoms in total. The zero-order chi connectivity index (χ0) is 7.14. The van der Waals surface area contributed by atoms with E-state index in [4.69, 9.17) is 15.3 Å². The first-order valence-corrected chi connectivity index (χ1v) is 2.68. The van der Waals surface area contributed by atoms with Gasteiger partial charge in [0, 0.05) is 0 Å². The third kappa shape index (κ3) is 0.439. The van der Waals surface area contributed by atoms with Crippen LogP contribution in [-0.4, -0.2) is 14.5 Å². The highest BCUT2D eigenvalue weighted by atomic mass is 16.5. The van der Waals surface area contributed by atoms with E-state index in [2.05, 4.69) is 4.98 Å². The van der Waals surface area contributed by atoms with E-state index in [-0.39, 0.29) is 11.8 Å². The summed E-state index contributed by atoms with van der Waals surface area (Å²) in [6.45, 7) is 0. The molecule has 0 bridgehead atoms. The molecule has 2 aromatic heterocycles. The van der Waals surface area contributed by atoms with Gasteiger partial charge in [0.05, 0.1) is 6.20 Å². The lowest BCUT2D eigenvalue weighted by Gasteiger charge is -1.83. The van der Waals surface area contributed by atoms with Gasteiger partial charge < -0.3 is 15.3 Å². The quantitative estimate of drug-likeness (QED) is 0.547. The van der Waals surface area contributed by atoms with Gasteiger partial charge in [-0.1, -0.05) is 0 Å². The van der Waals surface area contributed by atoms with Crippen molar-refractivity contribution in [1.82, 2.24) is 9.38 Å². The van der Waals surface area contributed by atoms with Gasteiger partial charge in [-0.15, -0.1) is 0 Å². The van der Waals surface area contributed by atoms with Crippen LogP contribution < -0.4 is 5.73 Å². The maximum Gasteiger partial charge on any atom is 0.326 e. The third-order valence-electron chi connectivity index (χ3n) is 1.28. The molecule has 0 spiro atoms. The summed E-state index contributed by atoms with van der Waals surface area (Å²) in [5.74, 6) is -0.0927. The maximum absolute atomic E-state index is 8.89. The molecule has 0 fully saturated rings. The predicted molar refractivity (Wildman–Crippen MR) is 33.5 cm³/mol. The van der Waals surface area contributed by atoms with Crippen molar-refractivity contribution in [2.24, 2.45) is 0 Å². The van der Waals surface area contributed by atoms with Gasteiger partial charge in [-0.05, 0) is 0 Å². The number of hydrogen-bond acceptors (Lipinski definition) is 4. The first kappa shape index (κ1) is 5.16. The standard InChI is InChI=1S/C5H5N3O2/c6-4-5(9)10-3-1-7-2-8(3)4/h1-2,9H,6H2. The van der Waals surface area contributed by atoms with Crippen LogP contribution in [0.1, 0.15) is 0 Å². The highest BCUT2D eigenvalue weighted by Crippen LogP contribution is 2.23. The molecule has 0 atom stereocenters. The molecule has 0 aliphatic carbocycles. The van der Waals surface area contributed by atoms with E-state index in [1.165, 1.54) is 16.9 Å². The van der Waals surface area contributed by atoms with Crippen molar-refractivity contribution in [2.75, 3.05) is 5.73 Å². The van der Waals surface area contributed by atoms with Gasteiger partial charge in [0.2, 0.25) is 5.71 Å². The summed E-state index contributed by atoms with van der Waals surface area (Å²) >= 11 is 0. The number of oxazole rings is 1. The van der Waals surface area contributed by atoms with E-state index in [0.29, 0.717) is 5.71 Å². The summed E-state index contributed by atoms with van der Waals surface area (Å²) in [6, 6.07) is 0. The van der Waals surface area contributed by atoms with Gasteiger partial charge in [0.15, 0.2) is 5.82 Å². The van der Waals surface area contributed by atoms with Crippen molar-refractivity contribution < 1.29 is 9.52 Å². The first-order chi connectivity index (χ1) is 4.79. The zero-order valence-electron chi connectivity index (χ0n) is 4.98. The number of aromatic hydroxyl groups is 1. The van der Waals surface area contributed by atoms with Crippen LogP contribution in [0.5, 0.6) is 5.95 Å². The van der Waals surface area contributed by atoms with Gasteiger partial charge in [-0.3, -0.25) is 0 Å². The Kier molecular flexibility index (Phi) is 0.743. The first-order valence-electron chi connectivity index (χ1n) is 2.68. The number of rotatable bonds is 0. The second-order valence-corrected chi connectivity index (χ2v) is 1.89. The Morgan fingerprint density at radius 3 is 3.20 bits per heavy atom. The second-order valence-electron chi connectivity index (χ2n) is 1.89. The average molecular weight is 139 g/mol. The van der Waals surface area contributed by atoms with Crippen molar-refractivity contribution in [3.63, 3.8) is 0 Å². The van der Waals surface area contributed by atoms with Gasteiger partial charge in [-0.25, -0.2) is 9.38 Å². The Balaban J connectivity index is 2.95. The van der Waals surface area contributed by atoms with E-state index < -0.39 is 0 Å². The summed E-state index contributed by atoms with van der Waals surface area (Å²) in [6.07, 6.45) is 2.93. The Morgan fingerprint density at radius 2 is 2.50 bits per heavy atom. The van der Waals surface area contributed by atoms with E-state index in [0.717, 1.165) is 0 Å². The summed E-state index contributed by atoms with van der Waals surface area (Å²) in [5.41, 5.74) is 5.80. The number of nitrogen functional groups attached to an aromatic ring is 1. The number of imidazole rings is 1. The second kappa shape index (κ2) is 1.44. The SMILES string of the molecule is Nc1c(O)oc2cncn12. The minimum Gasteiger partial charge on any atom is -0.478 e. The lowest BCUT2D eigenvalue weighted by atomic mass is 10.7. The van der Waals surface area contributed by atoms with Gasteiger partial charge in [0.1, 0.15) is 6.33 Å². The molecule has 2 heterocycles. The molecular formula is C5H5N3O2. The molecule has 10 heavy (non-hydrogen) atoms. The molecule has 0 saturated carbocycles. The molecule has 0 aromatic carbocycles.